The average molecular weight is 348 g/mol. The van der Waals surface area contributed by atoms with Crippen molar-refractivity contribution in [3.8, 4) is 5.75 Å². The summed E-state index contributed by atoms with van der Waals surface area (Å²) in [7, 11) is 0. The number of ether oxygens (including phenoxy) is 2. The zero-order chi connectivity index (χ0) is 17.4. The van der Waals surface area contributed by atoms with E-state index in [1.807, 2.05) is 25.1 Å². The number of carbonyl (C=O) groups is 2. The molecule has 0 unspecified atom stereocenters. The van der Waals surface area contributed by atoms with E-state index < -0.39 is 11.9 Å². The molecule has 0 bridgehead atoms. The maximum absolute atomic E-state index is 11.9. The van der Waals surface area contributed by atoms with Crippen molar-refractivity contribution in [3.05, 3.63) is 64.7 Å². The summed E-state index contributed by atoms with van der Waals surface area (Å²) in [5, 5.41) is 3.23. The van der Waals surface area contributed by atoms with Gasteiger partial charge in [0.1, 0.15) is 5.75 Å². The van der Waals surface area contributed by atoms with Crippen LogP contribution in [-0.2, 0) is 16.1 Å². The molecule has 2 aromatic rings. The molecule has 24 heavy (non-hydrogen) atoms. The summed E-state index contributed by atoms with van der Waals surface area (Å²) >= 11 is 6.00. The normalized spacial score (nSPS) is 10.1. The van der Waals surface area contributed by atoms with Crippen LogP contribution in [0.2, 0.25) is 5.02 Å². The third kappa shape index (κ3) is 5.28. The highest BCUT2D eigenvalue weighted by molar-refractivity contribution is 6.31. The third-order valence-corrected chi connectivity index (χ3v) is 3.54. The van der Waals surface area contributed by atoms with E-state index in [0.717, 1.165) is 5.56 Å². The van der Waals surface area contributed by atoms with Crippen LogP contribution in [0.3, 0.4) is 0 Å². The molecule has 0 aromatic heterocycles. The maximum atomic E-state index is 11.9. The van der Waals surface area contributed by atoms with Crippen LogP contribution >= 0.6 is 11.6 Å². The SMILES string of the molecule is CCOc1ccc(C(=O)OCC(=O)NCc2ccccc2Cl)cc1. The van der Waals surface area contributed by atoms with Gasteiger partial charge >= 0.3 is 5.97 Å². The number of carbonyl (C=O) groups excluding carboxylic acids is 2. The molecule has 0 atom stereocenters. The van der Waals surface area contributed by atoms with Crippen LogP contribution in [0.1, 0.15) is 22.8 Å². The molecule has 0 aliphatic heterocycles. The van der Waals surface area contributed by atoms with E-state index in [1.165, 1.54) is 0 Å². The Balaban J connectivity index is 1.78. The van der Waals surface area contributed by atoms with Crippen molar-refractivity contribution in [1.29, 1.82) is 0 Å². The second-order valence-corrected chi connectivity index (χ2v) is 5.31. The predicted octanol–water partition coefficient (Wildman–Crippen LogP) is 3.21. The van der Waals surface area contributed by atoms with E-state index >= 15 is 0 Å². The van der Waals surface area contributed by atoms with Gasteiger partial charge in [-0.25, -0.2) is 4.79 Å². The van der Waals surface area contributed by atoms with Crippen molar-refractivity contribution < 1.29 is 19.1 Å². The minimum absolute atomic E-state index is 0.277. The Morgan fingerprint density at radius 3 is 2.46 bits per heavy atom. The molecule has 0 saturated heterocycles. The Labute approximate surface area is 145 Å². The van der Waals surface area contributed by atoms with Crippen LogP contribution in [0.4, 0.5) is 0 Å². The lowest BCUT2D eigenvalue weighted by Crippen LogP contribution is -2.28. The van der Waals surface area contributed by atoms with Crippen molar-refractivity contribution >= 4 is 23.5 Å². The summed E-state index contributed by atoms with van der Waals surface area (Å²) < 4.78 is 10.3. The third-order valence-electron chi connectivity index (χ3n) is 3.17. The van der Waals surface area contributed by atoms with Crippen LogP contribution in [-0.4, -0.2) is 25.1 Å². The smallest absolute Gasteiger partial charge is 0.338 e. The van der Waals surface area contributed by atoms with Gasteiger partial charge in [-0.2, -0.15) is 0 Å². The number of nitrogens with one attached hydrogen (secondary N) is 1. The first kappa shape index (κ1) is 17.8. The van der Waals surface area contributed by atoms with Gasteiger partial charge < -0.3 is 14.8 Å². The second-order valence-electron chi connectivity index (χ2n) is 4.90. The van der Waals surface area contributed by atoms with E-state index in [1.54, 1.807) is 30.3 Å². The van der Waals surface area contributed by atoms with Crippen LogP contribution < -0.4 is 10.1 Å². The molecule has 126 valence electrons. The van der Waals surface area contributed by atoms with Gasteiger partial charge in [-0.1, -0.05) is 29.8 Å². The zero-order valence-corrected chi connectivity index (χ0v) is 14.0. The second kappa shape index (κ2) is 8.93. The van der Waals surface area contributed by atoms with Gasteiger partial charge in [0.2, 0.25) is 0 Å². The number of benzene rings is 2. The molecule has 6 heteroatoms. The Morgan fingerprint density at radius 2 is 1.79 bits per heavy atom. The Bertz CT molecular complexity index is 700. The van der Waals surface area contributed by atoms with Gasteiger partial charge in [-0.15, -0.1) is 0 Å². The fourth-order valence-corrected chi connectivity index (χ4v) is 2.16. The summed E-state index contributed by atoms with van der Waals surface area (Å²) in [6, 6.07) is 13.7. The molecule has 1 amide bonds. The minimum Gasteiger partial charge on any atom is -0.494 e. The fourth-order valence-electron chi connectivity index (χ4n) is 1.95. The molecular formula is C18H18ClNO4. The van der Waals surface area contributed by atoms with Crippen LogP contribution in [0.25, 0.3) is 0 Å². The summed E-state index contributed by atoms with van der Waals surface area (Å²) in [5.41, 5.74) is 1.16. The number of esters is 1. The van der Waals surface area contributed by atoms with E-state index in [4.69, 9.17) is 21.1 Å². The molecule has 1 N–H and O–H groups in total. The Kier molecular flexibility index (Phi) is 6.63. The molecule has 0 fully saturated rings. The first-order valence-electron chi connectivity index (χ1n) is 7.50. The molecule has 0 heterocycles. The Hall–Kier alpha value is -2.53. The zero-order valence-electron chi connectivity index (χ0n) is 13.3. The van der Waals surface area contributed by atoms with Gasteiger partial charge in [0, 0.05) is 11.6 Å². The monoisotopic (exact) mass is 347 g/mol. The molecule has 2 aromatic carbocycles. The molecule has 2 rings (SSSR count). The summed E-state index contributed by atoms with van der Waals surface area (Å²) in [5.74, 6) is -0.285. The lowest BCUT2D eigenvalue weighted by Gasteiger charge is -2.08. The minimum atomic E-state index is -0.564. The summed E-state index contributed by atoms with van der Waals surface area (Å²) in [4.78, 5) is 23.6. The molecule has 0 aliphatic carbocycles. The summed E-state index contributed by atoms with van der Waals surface area (Å²) in [6.45, 7) is 2.36. The molecular weight excluding hydrogens is 330 g/mol. The maximum Gasteiger partial charge on any atom is 0.338 e. The van der Waals surface area contributed by atoms with Crippen LogP contribution in [0.15, 0.2) is 48.5 Å². The van der Waals surface area contributed by atoms with Gasteiger partial charge in [0.25, 0.3) is 5.91 Å². The highest BCUT2D eigenvalue weighted by atomic mass is 35.5. The topological polar surface area (TPSA) is 64.6 Å². The number of rotatable bonds is 7. The van der Waals surface area contributed by atoms with Crippen LogP contribution in [0, 0.1) is 0 Å². The first-order chi connectivity index (χ1) is 11.6. The van der Waals surface area contributed by atoms with Crippen molar-refractivity contribution in [2.45, 2.75) is 13.5 Å². The lowest BCUT2D eigenvalue weighted by molar-refractivity contribution is -0.124. The van der Waals surface area contributed by atoms with Crippen molar-refractivity contribution in [3.63, 3.8) is 0 Å². The number of hydrogen-bond acceptors (Lipinski definition) is 4. The van der Waals surface area contributed by atoms with E-state index in [2.05, 4.69) is 5.32 Å². The molecule has 0 radical (unpaired) electrons. The lowest BCUT2D eigenvalue weighted by atomic mass is 10.2. The average Bonchev–Trinajstić information content (AvgIpc) is 2.60. The Morgan fingerprint density at radius 1 is 1.08 bits per heavy atom. The van der Waals surface area contributed by atoms with E-state index in [0.29, 0.717) is 22.9 Å². The molecule has 0 saturated carbocycles. The highest BCUT2D eigenvalue weighted by Crippen LogP contribution is 2.14. The van der Waals surface area contributed by atoms with Gasteiger partial charge in [-0.05, 0) is 42.8 Å². The van der Waals surface area contributed by atoms with Gasteiger partial charge in [0.15, 0.2) is 6.61 Å². The fraction of sp³-hybridized carbons (Fsp3) is 0.222. The quantitative estimate of drug-likeness (QED) is 0.781. The van der Waals surface area contributed by atoms with Gasteiger partial charge in [0.05, 0.1) is 12.2 Å². The largest absolute Gasteiger partial charge is 0.494 e. The van der Waals surface area contributed by atoms with E-state index in [-0.39, 0.29) is 13.2 Å². The van der Waals surface area contributed by atoms with Crippen molar-refractivity contribution in [2.75, 3.05) is 13.2 Å². The molecule has 0 aliphatic rings. The van der Waals surface area contributed by atoms with E-state index in [9.17, 15) is 9.59 Å². The van der Waals surface area contributed by atoms with Gasteiger partial charge in [-0.3, -0.25) is 4.79 Å². The molecule has 0 spiro atoms. The predicted molar refractivity (Wildman–Crippen MR) is 91.2 cm³/mol. The number of halogens is 1. The standard InChI is InChI=1S/C18H18ClNO4/c1-2-23-15-9-7-13(8-10-15)18(22)24-12-17(21)20-11-14-5-3-4-6-16(14)19/h3-10H,2,11-12H2,1H3,(H,20,21). The van der Waals surface area contributed by atoms with Crippen molar-refractivity contribution in [1.82, 2.24) is 5.32 Å². The van der Waals surface area contributed by atoms with Crippen LogP contribution in [0.5, 0.6) is 5.75 Å². The van der Waals surface area contributed by atoms with Crippen molar-refractivity contribution in [2.24, 2.45) is 0 Å². The first-order valence-corrected chi connectivity index (χ1v) is 7.88. The highest BCUT2D eigenvalue weighted by Gasteiger charge is 2.10. The molecule has 5 nitrogen and oxygen atoms in total. The number of amides is 1. The number of hydrogen-bond donors (Lipinski definition) is 1. The summed E-state index contributed by atoms with van der Waals surface area (Å²) in [6.07, 6.45) is 0.